The van der Waals surface area contributed by atoms with Crippen molar-refractivity contribution in [3.05, 3.63) is 60.2 Å². The molecule has 2 unspecified atom stereocenters. The van der Waals surface area contributed by atoms with Crippen molar-refractivity contribution in [1.82, 2.24) is 0 Å². The van der Waals surface area contributed by atoms with Crippen LogP contribution < -0.4 is 0 Å². The number of carboxylic acid groups (broad SMARTS) is 2. The molecule has 22 heavy (non-hydrogen) atoms. The van der Waals surface area contributed by atoms with Gasteiger partial charge in [-0.1, -0.05) is 54.6 Å². The Morgan fingerprint density at radius 1 is 1.14 bits per heavy atom. The lowest BCUT2D eigenvalue weighted by molar-refractivity contribution is -0.158. The molecule has 5 heteroatoms. The van der Waals surface area contributed by atoms with Gasteiger partial charge < -0.3 is 14.9 Å². The van der Waals surface area contributed by atoms with Crippen molar-refractivity contribution < 1.29 is 24.5 Å². The Bertz CT molecular complexity index is 590. The number of allylic oxidation sites excluding steroid dienone is 2. The molecule has 0 fully saturated rings. The van der Waals surface area contributed by atoms with Crippen LogP contribution in [0.4, 0.5) is 0 Å². The molecule has 1 aliphatic rings. The lowest BCUT2D eigenvalue weighted by atomic mass is 9.70. The first kappa shape index (κ1) is 16.0. The maximum absolute atomic E-state index is 11.7. The fourth-order valence-corrected chi connectivity index (χ4v) is 2.54. The molecule has 0 spiro atoms. The summed E-state index contributed by atoms with van der Waals surface area (Å²) >= 11 is 0. The fraction of sp³-hybridized carbons (Fsp3) is 0.294. The first-order valence-electron chi connectivity index (χ1n) is 7.00. The summed E-state index contributed by atoms with van der Waals surface area (Å²) in [6.45, 7) is 0.539. The van der Waals surface area contributed by atoms with E-state index in [2.05, 4.69) is 0 Å². The molecule has 0 saturated carbocycles. The van der Waals surface area contributed by atoms with Crippen LogP contribution in [0.2, 0.25) is 0 Å². The third kappa shape index (κ3) is 3.43. The average Bonchev–Trinajstić information content (AvgIpc) is 2.52. The minimum atomic E-state index is -1.46. The van der Waals surface area contributed by atoms with Crippen molar-refractivity contribution in [2.24, 2.45) is 11.3 Å². The highest BCUT2D eigenvalue weighted by Gasteiger charge is 2.47. The van der Waals surface area contributed by atoms with Crippen LogP contribution in [0.15, 0.2) is 54.6 Å². The predicted octanol–water partition coefficient (Wildman–Crippen LogP) is 2.49. The maximum atomic E-state index is 11.7. The standard InChI is InChI=1S/C17H18O5/c18-15(19)14-8-4-5-9-17(14,16(20)21)10-11-22-12-13-6-2-1-3-7-13/h1-9,14H,10-12H2,(H,18,19)(H,20,21). The number of rotatable bonds is 7. The minimum absolute atomic E-state index is 0.104. The highest BCUT2D eigenvalue weighted by atomic mass is 16.5. The van der Waals surface area contributed by atoms with E-state index >= 15 is 0 Å². The summed E-state index contributed by atoms with van der Waals surface area (Å²) in [4.78, 5) is 23.0. The van der Waals surface area contributed by atoms with E-state index in [-0.39, 0.29) is 13.0 Å². The Balaban J connectivity index is 2.00. The largest absolute Gasteiger partial charge is 0.481 e. The lowest BCUT2D eigenvalue weighted by Crippen LogP contribution is -2.42. The summed E-state index contributed by atoms with van der Waals surface area (Å²) in [7, 11) is 0. The highest BCUT2D eigenvalue weighted by molar-refractivity contribution is 5.87. The molecule has 1 aromatic carbocycles. The third-order valence-electron chi connectivity index (χ3n) is 3.80. The van der Waals surface area contributed by atoms with Gasteiger partial charge in [-0.05, 0) is 12.0 Å². The molecule has 0 amide bonds. The van der Waals surface area contributed by atoms with E-state index in [4.69, 9.17) is 4.74 Å². The van der Waals surface area contributed by atoms with E-state index in [9.17, 15) is 19.8 Å². The Kier molecular flexibility index (Phi) is 5.12. The van der Waals surface area contributed by atoms with Gasteiger partial charge in [-0.25, -0.2) is 0 Å². The van der Waals surface area contributed by atoms with Gasteiger partial charge in [0.05, 0.1) is 12.5 Å². The number of hydrogen-bond donors (Lipinski definition) is 2. The van der Waals surface area contributed by atoms with Crippen LogP contribution in [0.5, 0.6) is 0 Å². The van der Waals surface area contributed by atoms with Gasteiger partial charge in [0.2, 0.25) is 0 Å². The number of benzene rings is 1. The second-order valence-electron chi connectivity index (χ2n) is 5.19. The first-order valence-corrected chi connectivity index (χ1v) is 7.00. The molecule has 0 bridgehead atoms. The number of ether oxygens (including phenoxy) is 1. The van der Waals surface area contributed by atoms with E-state index in [0.717, 1.165) is 5.56 Å². The molecule has 2 N–H and O–H groups in total. The Hall–Kier alpha value is -2.40. The van der Waals surface area contributed by atoms with Crippen LogP contribution in [0.3, 0.4) is 0 Å². The summed E-state index contributed by atoms with van der Waals surface area (Å²) in [5.41, 5.74) is -0.474. The van der Waals surface area contributed by atoms with Gasteiger partial charge in [0.15, 0.2) is 0 Å². The molecule has 1 aromatic rings. The summed E-state index contributed by atoms with van der Waals surface area (Å²) in [5, 5.41) is 18.8. The quantitative estimate of drug-likeness (QED) is 0.756. The molecule has 2 atom stereocenters. The van der Waals surface area contributed by atoms with Gasteiger partial charge in [-0.3, -0.25) is 9.59 Å². The molecule has 0 radical (unpaired) electrons. The van der Waals surface area contributed by atoms with Crippen LogP contribution in [0.25, 0.3) is 0 Å². The Labute approximate surface area is 128 Å². The van der Waals surface area contributed by atoms with Crippen molar-refractivity contribution >= 4 is 11.9 Å². The third-order valence-corrected chi connectivity index (χ3v) is 3.80. The monoisotopic (exact) mass is 302 g/mol. The number of carbonyl (C=O) groups is 2. The smallest absolute Gasteiger partial charge is 0.314 e. The maximum Gasteiger partial charge on any atom is 0.314 e. The Morgan fingerprint density at radius 3 is 2.50 bits per heavy atom. The van der Waals surface area contributed by atoms with Gasteiger partial charge in [0, 0.05) is 6.61 Å². The molecule has 2 rings (SSSR count). The van der Waals surface area contributed by atoms with Gasteiger partial charge in [-0.15, -0.1) is 0 Å². The summed E-state index contributed by atoms with van der Waals surface area (Å²) in [5.74, 6) is -3.38. The van der Waals surface area contributed by atoms with E-state index < -0.39 is 23.3 Å². The molecular formula is C17H18O5. The molecule has 5 nitrogen and oxygen atoms in total. The normalized spacial score (nSPS) is 23.4. The zero-order valence-electron chi connectivity index (χ0n) is 12.0. The summed E-state index contributed by atoms with van der Waals surface area (Å²) < 4.78 is 5.51. The van der Waals surface area contributed by atoms with Crippen molar-refractivity contribution in [3.8, 4) is 0 Å². The first-order chi connectivity index (χ1) is 10.6. The molecule has 1 aliphatic carbocycles. The van der Waals surface area contributed by atoms with Crippen LogP contribution in [0.1, 0.15) is 12.0 Å². The average molecular weight is 302 g/mol. The van der Waals surface area contributed by atoms with Crippen LogP contribution in [-0.4, -0.2) is 28.8 Å². The van der Waals surface area contributed by atoms with Crippen LogP contribution in [0, 0.1) is 11.3 Å². The second kappa shape index (κ2) is 7.04. The van der Waals surface area contributed by atoms with Crippen molar-refractivity contribution in [1.29, 1.82) is 0 Å². The van der Waals surface area contributed by atoms with Crippen LogP contribution in [-0.2, 0) is 20.9 Å². The number of hydrogen-bond acceptors (Lipinski definition) is 3. The van der Waals surface area contributed by atoms with Crippen molar-refractivity contribution in [2.45, 2.75) is 13.0 Å². The lowest BCUT2D eigenvalue weighted by Gasteiger charge is -2.32. The van der Waals surface area contributed by atoms with E-state index in [1.165, 1.54) is 12.2 Å². The van der Waals surface area contributed by atoms with Gasteiger partial charge in [0.1, 0.15) is 5.41 Å². The molecule has 0 aromatic heterocycles. The van der Waals surface area contributed by atoms with Gasteiger partial charge >= 0.3 is 11.9 Å². The summed E-state index contributed by atoms with van der Waals surface area (Å²) in [6.07, 6.45) is 6.09. The molecule has 0 saturated heterocycles. The van der Waals surface area contributed by atoms with Gasteiger partial charge in [0.25, 0.3) is 0 Å². The topological polar surface area (TPSA) is 83.8 Å². The van der Waals surface area contributed by atoms with Gasteiger partial charge in [-0.2, -0.15) is 0 Å². The zero-order chi connectivity index (χ0) is 16.0. The number of carboxylic acids is 2. The predicted molar refractivity (Wildman–Crippen MR) is 80.2 cm³/mol. The van der Waals surface area contributed by atoms with E-state index in [1.54, 1.807) is 12.2 Å². The number of aliphatic carboxylic acids is 2. The Morgan fingerprint density at radius 2 is 1.86 bits per heavy atom. The summed E-state index contributed by atoms with van der Waals surface area (Å²) in [6, 6.07) is 9.52. The second-order valence-corrected chi connectivity index (χ2v) is 5.19. The van der Waals surface area contributed by atoms with Crippen molar-refractivity contribution in [3.63, 3.8) is 0 Å². The van der Waals surface area contributed by atoms with Crippen molar-refractivity contribution in [2.75, 3.05) is 6.61 Å². The highest BCUT2D eigenvalue weighted by Crippen LogP contribution is 2.38. The molecule has 0 aliphatic heterocycles. The fourth-order valence-electron chi connectivity index (χ4n) is 2.54. The molecule has 116 valence electrons. The SMILES string of the molecule is O=C(O)C1C=CC=CC1(CCOCc1ccccc1)C(=O)O. The van der Waals surface area contributed by atoms with E-state index in [0.29, 0.717) is 6.61 Å². The molecule has 0 heterocycles. The zero-order valence-corrected chi connectivity index (χ0v) is 12.0. The van der Waals surface area contributed by atoms with Crippen LogP contribution >= 0.6 is 0 Å². The molecular weight excluding hydrogens is 284 g/mol. The van der Waals surface area contributed by atoms with E-state index in [1.807, 2.05) is 30.3 Å². The minimum Gasteiger partial charge on any atom is -0.481 e.